The summed E-state index contributed by atoms with van der Waals surface area (Å²) in [5, 5.41) is 0. The van der Waals surface area contributed by atoms with Crippen LogP contribution in [0.25, 0.3) is 0 Å². The normalized spacial score (nSPS) is 27.6. The zero-order valence-corrected chi connectivity index (χ0v) is 9.00. The minimum Gasteiger partial charge on any atom is -0.372 e. The zero-order valence-electron chi connectivity index (χ0n) is 9.00. The molecule has 3 heteroatoms. The summed E-state index contributed by atoms with van der Waals surface area (Å²) in [5.41, 5.74) is 5.28. The van der Waals surface area contributed by atoms with Crippen LogP contribution in [0.2, 0.25) is 0 Å². The van der Waals surface area contributed by atoms with E-state index in [9.17, 15) is 4.79 Å². The number of ether oxygens (including phenoxy) is 1. The molecule has 0 aromatic rings. The molecule has 0 heterocycles. The first-order valence-corrected chi connectivity index (χ1v) is 5.54. The van der Waals surface area contributed by atoms with Crippen LogP contribution in [0.1, 0.15) is 32.6 Å². The molecule has 0 aromatic heterocycles. The number of nitrogens with two attached hydrogens (primary N) is 1. The molecule has 14 heavy (non-hydrogen) atoms. The van der Waals surface area contributed by atoms with Crippen molar-refractivity contribution in [3.63, 3.8) is 0 Å². The molecule has 1 saturated carbocycles. The first kappa shape index (κ1) is 11.7. The van der Waals surface area contributed by atoms with Crippen molar-refractivity contribution in [2.24, 2.45) is 17.6 Å². The Morgan fingerprint density at radius 3 is 2.57 bits per heavy atom. The third-order valence-corrected chi connectivity index (χ3v) is 2.98. The van der Waals surface area contributed by atoms with Gasteiger partial charge in [0.1, 0.15) is 6.61 Å². The Bertz CT molecular complexity index is 174. The van der Waals surface area contributed by atoms with Crippen molar-refractivity contribution in [3.05, 3.63) is 0 Å². The van der Waals surface area contributed by atoms with Crippen LogP contribution in [0, 0.1) is 11.8 Å². The van der Waals surface area contributed by atoms with Crippen LogP contribution in [-0.4, -0.2) is 25.5 Å². The molecule has 1 rings (SSSR count). The predicted molar refractivity (Wildman–Crippen MR) is 56.0 cm³/mol. The van der Waals surface area contributed by atoms with E-state index in [0.717, 1.165) is 18.8 Å². The molecule has 0 amide bonds. The minimum atomic E-state index is 0.254. The number of carbonyl (C=O) groups excluding carboxylic acids is 1. The fraction of sp³-hybridized carbons (Fsp3) is 0.909. The zero-order chi connectivity index (χ0) is 10.4. The van der Waals surface area contributed by atoms with Gasteiger partial charge in [0.15, 0.2) is 5.78 Å². The van der Waals surface area contributed by atoms with Gasteiger partial charge < -0.3 is 10.5 Å². The number of hydrogen-bond donors (Lipinski definition) is 1. The van der Waals surface area contributed by atoms with Crippen LogP contribution in [0.15, 0.2) is 0 Å². The maximum absolute atomic E-state index is 11.6. The first-order valence-electron chi connectivity index (χ1n) is 5.54. The summed E-state index contributed by atoms with van der Waals surface area (Å²) in [4.78, 5) is 11.6. The largest absolute Gasteiger partial charge is 0.372 e. The molecule has 3 nitrogen and oxygen atoms in total. The molecule has 0 spiro atoms. The molecule has 0 radical (unpaired) electrons. The first-order chi connectivity index (χ1) is 6.74. The van der Waals surface area contributed by atoms with Crippen LogP contribution in [0.5, 0.6) is 0 Å². The van der Waals surface area contributed by atoms with Gasteiger partial charge in [-0.15, -0.1) is 0 Å². The maximum atomic E-state index is 11.6. The Labute approximate surface area is 86.0 Å². The molecule has 0 atom stereocenters. The standard InChI is InChI=1S/C11H21NO2/c1-9-2-4-10(5-3-9)11(13)8-14-7-6-12/h9-10H,2-8,12H2,1H3. The summed E-state index contributed by atoms with van der Waals surface area (Å²) in [6.45, 7) is 3.51. The molecule has 1 aliphatic rings. The molecule has 82 valence electrons. The van der Waals surface area contributed by atoms with E-state index in [4.69, 9.17) is 10.5 Å². The maximum Gasteiger partial charge on any atom is 0.161 e. The lowest BCUT2D eigenvalue weighted by molar-refractivity contribution is -0.128. The van der Waals surface area contributed by atoms with E-state index in [0.29, 0.717) is 13.2 Å². The minimum absolute atomic E-state index is 0.254. The lowest BCUT2D eigenvalue weighted by Crippen LogP contribution is -2.25. The monoisotopic (exact) mass is 199 g/mol. The fourth-order valence-electron chi connectivity index (χ4n) is 1.96. The van der Waals surface area contributed by atoms with Gasteiger partial charge >= 0.3 is 0 Å². The van der Waals surface area contributed by atoms with Crippen LogP contribution in [-0.2, 0) is 9.53 Å². The number of carbonyl (C=O) groups is 1. The summed E-state index contributed by atoms with van der Waals surface area (Å²) in [5.74, 6) is 1.32. The van der Waals surface area contributed by atoms with Crippen LogP contribution in [0.3, 0.4) is 0 Å². The molecule has 0 saturated heterocycles. The van der Waals surface area contributed by atoms with Crippen molar-refractivity contribution in [2.75, 3.05) is 19.8 Å². The smallest absolute Gasteiger partial charge is 0.161 e. The third kappa shape index (κ3) is 3.76. The lowest BCUT2D eigenvalue weighted by atomic mass is 9.81. The SMILES string of the molecule is CC1CCC(C(=O)COCCN)CC1. The van der Waals surface area contributed by atoms with E-state index in [1.54, 1.807) is 0 Å². The van der Waals surface area contributed by atoms with Gasteiger partial charge in [-0.1, -0.05) is 19.8 Å². The van der Waals surface area contributed by atoms with E-state index in [1.165, 1.54) is 12.8 Å². The van der Waals surface area contributed by atoms with E-state index < -0.39 is 0 Å². The highest BCUT2D eigenvalue weighted by Gasteiger charge is 2.23. The average Bonchev–Trinajstić information content (AvgIpc) is 2.19. The molecule has 0 aliphatic heterocycles. The van der Waals surface area contributed by atoms with Gasteiger partial charge in [0.2, 0.25) is 0 Å². The second kappa shape index (κ2) is 6.14. The predicted octanol–water partition coefficient (Wildman–Crippen LogP) is 1.36. The Kier molecular flexibility index (Phi) is 5.12. The lowest BCUT2D eigenvalue weighted by Gasteiger charge is -2.24. The van der Waals surface area contributed by atoms with E-state index >= 15 is 0 Å². The number of ketones is 1. The highest BCUT2D eigenvalue weighted by molar-refractivity contribution is 5.82. The molecule has 1 fully saturated rings. The summed E-state index contributed by atoms with van der Waals surface area (Å²) in [6.07, 6.45) is 4.47. The van der Waals surface area contributed by atoms with E-state index in [-0.39, 0.29) is 18.3 Å². The second-order valence-corrected chi connectivity index (χ2v) is 4.26. The van der Waals surface area contributed by atoms with Crippen molar-refractivity contribution in [2.45, 2.75) is 32.6 Å². The van der Waals surface area contributed by atoms with Gasteiger partial charge in [-0.25, -0.2) is 0 Å². The number of Topliss-reactive ketones (excluding diaryl/α,β-unsaturated/α-hetero) is 1. The van der Waals surface area contributed by atoms with Crippen molar-refractivity contribution < 1.29 is 9.53 Å². The Morgan fingerprint density at radius 2 is 2.00 bits per heavy atom. The van der Waals surface area contributed by atoms with Gasteiger partial charge in [-0.05, 0) is 18.8 Å². The van der Waals surface area contributed by atoms with Crippen molar-refractivity contribution in [1.82, 2.24) is 0 Å². The molecule has 0 bridgehead atoms. The molecular formula is C11H21NO2. The van der Waals surface area contributed by atoms with Crippen LogP contribution in [0.4, 0.5) is 0 Å². The van der Waals surface area contributed by atoms with Gasteiger partial charge in [-0.3, -0.25) is 4.79 Å². The Hall–Kier alpha value is -0.410. The van der Waals surface area contributed by atoms with Gasteiger partial charge in [0.05, 0.1) is 6.61 Å². The van der Waals surface area contributed by atoms with Gasteiger partial charge in [0.25, 0.3) is 0 Å². The van der Waals surface area contributed by atoms with E-state index in [1.807, 2.05) is 0 Å². The summed E-state index contributed by atoms with van der Waals surface area (Å²) in [7, 11) is 0. The van der Waals surface area contributed by atoms with Gasteiger partial charge in [-0.2, -0.15) is 0 Å². The van der Waals surface area contributed by atoms with E-state index in [2.05, 4.69) is 6.92 Å². The van der Waals surface area contributed by atoms with Crippen molar-refractivity contribution >= 4 is 5.78 Å². The second-order valence-electron chi connectivity index (χ2n) is 4.26. The molecule has 2 N–H and O–H groups in total. The number of hydrogen-bond acceptors (Lipinski definition) is 3. The summed E-state index contributed by atoms with van der Waals surface area (Å²) < 4.78 is 5.15. The molecule has 0 aromatic carbocycles. The average molecular weight is 199 g/mol. The summed E-state index contributed by atoms with van der Waals surface area (Å²) >= 11 is 0. The quantitative estimate of drug-likeness (QED) is 0.680. The van der Waals surface area contributed by atoms with Crippen LogP contribution >= 0.6 is 0 Å². The van der Waals surface area contributed by atoms with Crippen LogP contribution < -0.4 is 5.73 Å². The molecule has 0 unspecified atom stereocenters. The highest BCUT2D eigenvalue weighted by atomic mass is 16.5. The van der Waals surface area contributed by atoms with Crippen molar-refractivity contribution in [1.29, 1.82) is 0 Å². The highest BCUT2D eigenvalue weighted by Crippen LogP contribution is 2.28. The topological polar surface area (TPSA) is 52.3 Å². The molecular weight excluding hydrogens is 178 g/mol. The van der Waals surface area contributed by atoms with Gasteiger partial charge in [0, 0.05) is 12.5 Å². The summed E-state index contributed by atoms with van der Waals surface area (Å²) in [6, 6.07) is 0. The molecule has 1 aliphatic carbocycles. The Morgan fingerprint density at radius 1 is 1.36 bits per heavy atom. The number of rotatable bonds is 5. The Balaban J connectivity index is 2.17. The fourth-order valence-corrected chi connectivity index (χ4v) is 1.96. The third-order valence-electron chi connectivity index (χ3n) is 2.98. The van der Waals surface area contributed by atoms with Crippen molar-refractivity contribution in [3.8, 4) is 0 Å².